The Kier molecular flexibility index (Phi) is 5.00. The molecule has 0 aromatic carbocycles. The summed E-state index contributed by atoms with van der Waals surface area (Å²) in [5.41, 5.74) is 5.63. The van der Waals surface area contributed by atoms with Crippen LogP contribution in [0.15, 0.2) is 5.16 Å². The molecule has 6 nitrogen and oxygen atoms in total. The molecule has 1 saturated heterocycles. The Morgan fingerprint density at radius 3 is 3.06 bits per heavy atom. The minimum absolute atomic E-state index is 0.200. The largest absolute Gasteiger partial charge is 0.463 e. The monoisotopic (exact) mass is 270 g/mol. The van der Waals surface area contributed by atoms with Crippen LogP contribution in [0.5, 0.6) is 6.01 Å². The third-order valence-electron chi connectivity index (χ3n) is 2.47. The van der Waals surface area contributed by atoms with Gasteiger partial charge in [-0.05, 0) is 19.3 Å². The van der Waals surface area contributed by atoms with Gasteiger partial charge >= 0.3 is 6.01 Å². The van der Waals surface area contributed by atoms with Gasteiger partial charge in [0.05, 0.1) is 12.7 Å². The number of thioether (sulfide) groups is 1. The molecular formula is C11H18N4O2S. The summed E-state index contributed by atoms with van der Waals surface area (Å²) in [5, 5.41) is 0.601. The Hall–Kier alpha value is -1.08. The molecule has 0 spiro atoms. The van der Waals surface area contributed by atoms with Crippen molar-refractivity contribution in [2.75, 3.05) is 24.7 Å². The van der Waals surface area contributed by atoms with Crippen LogP contribution in [0.25, 0.3) is 0 Å². The zero-order valence-electron chi connectivity index (χ0n) is 10.5. The second-order valence-corrected chi connectivity index (χ2v) is 5.04. The van der Waals surface area contributed by atoms with E-state index in [9.17, 15) is 0 Å². The number of ether oxygens (including phenoxy) is 2. The van der Waals surface area contributed by atoms with Crippen molar-refractivity contribution < 1.29 is 9.47 Å². The zero-order chi connectivity index (χ0) is 12.8. The highest BCUT2D eigenvalue weighted by atomic mass is 32.2. The van der Waals surface area contributed by atoms with Crippen LogP contribution in [0.3, 0.4) is 0 Å². The minimum Gasteiger partial charge on any atom is -0.463 e. The fraction of sp³-hybridized carbons (Fsp3) is 0.727. The van der Waals surface area contributed by atoms with Gasteiger partial charge < -0.3 is 15.2 Å². The van der Waals surface area contributed by atoms with E-state index >= 15 is 0 Å². The predicted octanol–water partition coefficient (Wildman–Crippen LogP) is 1.51. The summed E-state index contributed by atoms with van der Waals surface area (Å²) in [6.45, 7) is 3.46. The number of nitrogen functional groups attached to an aromatic ring is 1. The molecule has 0 saturated carbocycles. The molecule has 0 bridgehead atoms. The van der Waals surface area contributed by atoms with Gasteiger partial charge in [0.25, 0.3) is 0 Å². The topological polar surface area (TPSA) is 83.2 Å². The smallest absolute Gasteiger partial charge is 0.322 e. The highest BCUT2D eigenvalue weighted by Crippen LogP contribution is 2.22. The van der Waals surface area contributed by atoms with Crippen molar-refractivity contribution in [3.8, 4) is 6.01 Å². The maximum Gasteiger partial charge on any atom is 0.322 e. The third kappa shape index (κ3) is 3.99. The lowest BCUT2D eigenvalue weighted by Crippen LogP contribution is -2.10. The average Bonchev–Trinajstić information content (AvgIpc) is 2.86. The first kappa shape index (κ1) is 13.4. The average molecular weight is 270 g/mol. The van der Waals surface area contributed by atoms with Gasteiger partial charge in [0.1, 0.15) is 0 Å². The molecule has 1 aromatic rings. The molecule has 2 heterocycles. The molecule has 1 unspecified atom stereocenters. The van der Waals surface area contributed by atoms with Crippen LogP contribution in [0.4, 0.5) is 5.95 Å². The predicted molar refractivity (Wildman–Crippen MR) is 69.7 cm³/mol. The fourth-order valence-electron chi connectivity index (χ4n) is 1.62. The highest BCUT2D eigenvalue weighted by Gasteiger charge is 2.16. The maximum atomic E-state index is 5.63. The number of aromatic nitrogens is 3. The van der Waals surface area contributed by atoms with Crippen molar-refractivity contribution >= 4 is 17.7 Å². The van der Waals surface area contributed by atoms with E-state index in [0.29, 0.717) is 23.9 Å². The van der Waals surface area contributed by atoms with Crippen LogP contribution < -0.4 is 10.5 Å². The number of hydrogen-bond donors (Lipinski definition) is 1. The Balaban J connectivity index is 1.91. The van der Waals surface area contributed by atoms with Gasteiger partial charge in [-0.3, -0.25) is 0 Å². The summed E-state index contributed by atoms with van der Waals surface area (Å²) >= 11 is 1.53. The molecular weight excluding hydrogens is 252 g/mol. The van der Waals surface area contributed by atoms with E-state index in [1.807, 2.05) is 6.92 Å². The van der Waals surface area contributed by atoms with Crippen LogP contribution in [0, 0.1) is 0 Å². The number of nitrogens with two attached hydrogens (primary N) is 1. The second kappa shape index (κ2) is 6.75. The van der Waals surface area contributed by atoms with E-state index in [1.165, 1.54) is 11.8 Å². The Bertz CT molecular complexity index is 385. The van der Waals surface area contributed by atoms with E-state index in [2.05, 4.69) is 15.0 Å². The van der Waals surface area contributed by atoms with Gasteiger partial charge in [-0.1, -0.05) is 18.7 Å². The first-order valence-corrected chi connectivity index (χ1v) is 7.15. The SMILES string of the molecule is CCCOc1nc(N)nc(SCC2CCCO2)n1. The van der Waals surface area contributed by atoms with Crippen molar-refractivity contribution in [1.82, 2.24) is 15.0 Å². The normalized spacial score (nSPS) is 19.1. The Labute approximate surface area is 111 Å². The van der Waals surface area contributed by atoms with E-state index in [0.717, 1.165) is 31.6 Å². The molecule has 1 fully saturated rings. The lowest BCUT2D eigenvalue weighted by molar-refractivity contribution is 0.129. The second-order valence-electron chi connectivity index (χ2n) is 4.05. The summed E-state index contributed by atoms with van der Waals surface area (Å²) in [7, 11) is 0. The summed E-state index contributed by atoms with van der Waals surface area (Å²) < 4.78 is 10.9. The lowest BCUT2D eigenvalue weighted by Gasteiger charge is -2.08. The number of rotatable bonds is 6. The van der Waals surface area contributed by atoms with Crippen LogP contribution in [0.2, 0.25) is 0 Å². The molecule has 100 valence electrons. The molecule has 0 amide bonds. The van der Waals surface area contributed by atoms with Gasteiger partial charge in [0.15, 0.2) is 5.16 Å². The van der Waals surface area contributed by atoms with E-state index < -0.39 is 0 Å². The first-order valence-electron chi connectivity index (χ1n) is 6.16. The van der Waals surface area contributed by atoms with Gasteiger partial charge in [0.2, 0.25) is 5.95 Å². The van der Waals surface area contributed by atoms with Crippen molar-refractivity contribution in [1.29, 1.82) is 0 Å². The lowest BCUT2D eigenvalue weighted by atomic mass is 10.3. The van der Waals surface area contributed by atoms with Crippen molar-refractivity contribution in [2.24, 2.45) is 0 Å². The van der Waals surface area contributed by atoms with Crippen LogP contribution in [-0.2, 0) is 4.74 Å². The van der Waals surface area contributed by atoms with E-state index in [4.69, 9.17) is 15.2 Å². The van der Waals surface area contributed by atoms with Gasteiger partial charge in [-0.2, -0.15) is 15.0 Å². The zero-order valence-corrected chi connectivity index (χ0v) is 11.3. The summed E-state index contributed by atoms with van der Waals surface area (Å²) in [4.78, 5) is 12.2. The molecule has 1 aliphatic rings. The number of anilines is 1. The quantitative estimate of drug-likeness (QED) is 0.784. The molecule has 7 heteroatoms. The van der Waals surface area contributed by atoms with Crippen molar-refractivity contribution in [3.05, 3.63) is 0 Å². The summed E-state index contributed by atoms with van der Waals surface area (Å²) in [6, 6.07) is 0.305. The summed E-state index contributed by atoms with van der Waals surface area (Å²) in [6.07, 6.45) is 3.44. The minimum atomic E-state index is 0.200. The molecule has 1 aliphatic heterocycles. The first-order chi connectivity index (χ1) is 8.78. The molecule has 1 atom stereocenters. The fourth-order valence-corrected chi connectivity index (χ4v) is 2.52. The molecule has 18 heavy (non-hydrogen) atoms. The number of hydrogen-bond acceptors (Lipinski definition) is 7. The van der Waals surface area contributed by atoms with Gasteiger partial charge in [-0.25, -0.2) is 0 Å². The maximum absolute atomic E-state index is 5.63. The Morgan fingerprint density at radius 2 is 2.33 bits per heavy atom. The molecule has 0 radical (unpaired) electrons. The molecule has 1 aromatic heterocycles. The van der Waals surface area contributed by atoms with E-state index in [1.54, 1.807) is 0 Å². The molecule has 2 N–H and O–H groups in total. The van der Waals surface area contributed by atoms with Gasteiger partial charge in [0, 0.05) is 12.4 Å². The van der Waals surface area contributed by atoms with Crippen LogP contribution >= 0.6 is 11.8 Å². The highest BCUT2D eigenvalue weighted by molar-refractivity contribution is 7.99. The molecule has 2 rings (SSSR count). The standard InChI is InChI=1S/C11H18N4O2S/c1-2-5-17-10-13-9(12)14-11(15-10)18-7-8-4-3-6-16-8/h8H,2-7H2,1H3,(H2,12,13,14,15). The van der Waals surface area contributed by atoms with Crippen LogP contribution in [0.1, 0.15) is 26.2 Å². The van der Waals surface area contributed by atoms with Crippen LogP contribution in [-0.4, -0.2) is 40.0 Å². The molecule has 0 aliphatic carbocycles. The summed E-state index contributed by atoms with van der Waals surface area (Å²) in [5.74, 6) is 1.04. The van der Waals surface area contributed by atoms with Crippen molar-refractivity contribution in [2.45, 2.75) is 37.4 Å². The Morgan fingerprint density at radius 1 is 1.44 bits per heavy atom. The van der Waals surface area contributed by atoms with E-state index in [-0.39, 0.29) is 5.95 Å². The third-order valence-corrected chi connectivity index (χ3v) is 3.45. The van der Waals surface area contributed by atoms with Gasteiger partial charge in [-0.15, -0.1) is 0 Å². The number of nitrogens with zero attached hydrogens (tertiary/aromatic N) is 3. The van der Waals surface area contributed by atoms with Crippen molar-refractivity contribution in [3.63, 3.8) is 0 Å².